The molecule has 5 nitrogen and oxygen atoms in total. The zero-order valence-corrected chi connectivity index (χ0v) is 8.34. The first-order valence-electron chi connectivity index (χ1n) is 4.34. The van der Waals surface area contributed by atoms with Gasteiger partial charge >= 0.3 is 18.0 Å². The molecule has 0 saturated carbocycles. The first kappa shape index (κ1) is 13.0. The SMILES string of the molecule is NNC(=O)C(=O)Nc1ccccc1C(F)(F)F. The van der Waals surface area contributed by atoms with Crippen LogP contribution < -0.4 is 16.6 Å². The number of carbonyl (C=O) groups is 2. The zero-order chi connectivity index (χ0) is 13.1. The lowest BCUT2D eigenvalue weighted by Gasteiger charge is -2.12. The van der Waals surface area contributed by atoms with E-state index in [-0.39, 0.29) is 0 Å². The summed E-state index contributed by atoms with van der Waals surface area (Å²) < 4.78 is 37.5. The van der Waals surface area contributed by atoms with E-state index in [1.54, 1.807) is 0 Å². The largest absolute Gasteiger partial charge is 0.418 e. The van der Waals surface area contributed by atoms with Gasteiger partial charge in [-0.3, -0.25) is 15.0 Å². The quantitative estimate of drug-likeness (QED) is 0.294. The number of hydrazine groups is 1. The molecule has 0 aliphatic heterocycles. The molecule has 2 amide bonds. The minimum absolute atomic E-state index is 0.506. The average molecular weight is 247 g/mol. The lowest BCUT2D eigenvalue weighted by atomic mass is 10.1. The Morgan fingerprint density at radius 1 is 1.12 bits per heavy atom. The fourth-order valence-electron chi connectivity index (χ4n) is 1.08. The van der Waals surface area contributed by atoms with Gasteiger partial charge in [0.2, 0.25) is 0 Å². The number of amides is 2. The maximum Gasteiger partial charge on any atom is 0.418 e. The van der Waals surface area contributed by atoms with Crippen LogP contribution in [0.25, 0.3) is 0 Å². The fraction of sp³-hybridized carbons (Fsp3) is 0.111. The van der Waals surface area contributed by atoms with Crippen molar-refractivity contribution < 1.29 is 22.8 Å². The van der Waals surface area contributed by atoms with E-state index in [4.69, 9.17) is 0 Å². The average Bonchev–Trinajstić information content (AvgIpc) is 2.27. The van der Waals surface area contributed by atoms with Crippen molar-refractivity contribution in [2.75, 3.05) is 5.32 Å². The number of alkyl halides is 3. The predicted molar refractivity (Wildman–Crippen MR) is 52.4 cm³/mol. The van der Waals surface area contributed by atoms with Crippen LogP contribution in [0.3, 0.4) is 0 Å². The van der Waals surface area contributed by atoms with Gasteiger partial charge in [0, 0.05) is 0 Å². The molecule has 0 atom stereocenters. The molecule has 0 bridgehead atoms. The number of nitrogens with two attached hydrogens (primary N) is 1. The van der Waals surface area contributed by atoms with Crippen LogP contribution in [-0.4, -0.2) is 11.8 Å². The molecule has 0 heterocycles. The number of para-hydroxylation sites is 1. The molecule has 0 unspecified atom stereocenters. The highest BCUT2D eigenvalue weighted by molar-refractivity contribution is 6.39. The number of hydrogen-bond donors (Lipinski definition) is 3. The van der Waals surface area contributed by atoms with E-state index in [9.17, 15) is 22.8 Å². The minimum Gasteiger partial charge on any atom is -0.317 e. The third kappa shape index (κ3) is 3.18. The lowest BCUT2D eigenvalue weighted by molar-refractivity contribution is -0.138. The standard InChI is InChI=1S/C9H8F3N3O2/c10-9(11,12)5-3-1-2-4-6(5)14-7(16)8(17)15-13/h1-4H,13H2,(H,14,16)(H,15,17). The molecule has 8 heteroatoms. The predicted octanol–water partition coefficient (Wildman–Crippen LogP) is 0.634. The Labute approximate surface area is 93.8 Å². The highest BCUT2D eigenvalue weighted by Crippen LogP contribution is 2.34. The van der Waals surface area contributed by atoms with Gasteiger partial charge in [0.05, 0.1) is 11.3 Å². The molecular weight excluding hydrogens is 239 g/mol. The normalized spacial score (nSPS) is 10.8. The molecule has 4 N–H and O–H groups in total. The number of anilines is 1. The van der Waals surface area contributed by atoms with E-state index in [2.05, 4.69) is 5.84 Å². The van der Waals surface area contributed by atoms with Crippen molar-refractivity contribution in [3.8, 4) is 0 Å². The molecule has 1 aromatic rings. The number of benzene rings is 1. The van der Waals surface area contributed by atoms with Crippen molar-refractivity contribution in [3.05, 3.63) is 29.8 Å². The van der Waals surface area contributed by atoms with E-state index in [1.165, 1.54) is 17.6 Å². The smallest absolute Gasteiger partial charge is 0.317 e. The van der Waals surface area contributed by atoms with Crippen molar-refractivity contribution in [2.45, 2.75) is 6.18 Å². The first-order valence-corrected chi connectivity index (χ1v) is 4.34. The summed E-state index contributed by atoms with van der Waals surface area (Å²) in [4.78, 5) is 21.8. The van der Waals surface area contributed by atoms with Gasteiger partial charge in [-0.05, 0) is 12.1 Å². The van der Waals surface area contributed by atoms with Crippen LogP contribution in [0.4, 0.5) is 18.9 Å². The second kappa shape index (κ2) is 4.83. The Hall–Kier alpha value is -2.09. The summed E-state index contributed by atoms with van der Waals surface area (Å²) in [5.74, 6) is 2.16. The number of nitrogens with one attached hydrogen (secondary N) is 2. The molecule has 1 aromatic carbocycles. The van der Waals surface area contributed by atoms with E-state index in [0.717, 1.165) is 12.1 Å². The Morgan fingerprint density at radius 3 is 2.24 bits per heavy atom. The molecule has 0 aromatic heterocycles. The number of halogens is 3. The van der Waals surface area contributed by atoms with Gasteiger partial charge in [-0.1, -0.05) is 12.1 Å². The third-order valence-electron chi connectivity index (χ3n) is 1.82. The molecule has 0 spiro atoms. The highest BCUT2D eigenvalue weighted by atomic mass is 19.4. The Bertz CT molecular complexity index is 445. The molecular formula is C9H8F3N3O2. The third-order valence-corrected chi connectivity index (χ3v) is 1.82. The van der Waals surface area contributed by atoms with E-state index >= 15 is 0 Å². The van der Waals surface area contributed by atoms with Crippen LogP contribution in [0, 0.1) is 0 Å². The van der Waals surface area contributed by atoms with Gasteiger partial charge in [-0.15, -0.1) is 0 Å². The van der Waals surface area contributed by atoms with E-state index < -0.39 is 29.2 Å². The number of hydrogen-bond acceptors (Lipinski definition) is 3. The Kier molecular flexibility index (Phi) is 3.69. The summed E-state index contributed by atoms with van der Waals surface area (Å²) in [5.41, 5.74) is -0.0383. The monoisotopic (exact) mass is 247 g/mol. The van der Waals surface area contributed by atoms with Crippen molar-refractivity contribution in [3.63, 3.8) is 0 Å². The maximum absolute atomic E-state index is 12.5. The fourth-order valence-corrected chi connectivity index (χ4v) is 1.08. The van der Waals surface area contributed by atoms with Crippen LogP contribution >= 0.6 is 0 Å². The summed E-state index contributed by atoms with van der Waals surface area (Å²) in [7, 11) is 0. The summed E-state index contributed by atoms with van der Waals surface area (Å²) in [6.07, 6.45) is -4.62. The first-order chi connectivity index (χ1) is 7.86. The molecule has 1 rings (SSSR count). The second-order valence-electron chi connectivity index (χ2n) is 2.97. The van der Waals surface area contributed by atoms with Gasteiger partial charge < -0.3 is 5.32 Å². The minimum atomic E-state index is -4.62. The van der Waals surface area contributed by atoms with Gasteiger partial charge in [0.25, 0.3) is 0 Å². The second-order valence-corrected chi connectivity index (χ2v) is 2.97. The van der Waals surface area contributed by atoms with Crippen molar-refractivity contribution in [1.82, 2.24) is 5.43 Å². The Morgan fingerprint density at radius 2 is 1.71 bits per heavy atom. The molecule has 92 valence electrons. The van der Waals surface area contributed by atoms with Crippen molar-refractivity contribution in [2.24, 2.45) is 5.84 Å². The van der Waals surface area contributed by atoms with Crippen molar-refractivity contribution >= 4 is 17.5 Å². The van der Waals surface area contributed by atoms with Gasteiger partial charge in [0.15, 0.2) is 0 Å². The van der Waals surface area contributed by atoms with Gasteiger partial charge in [0.1, 0.15) is 0 Å². The maximum atomic E-state index is 12.5. The van der Waals surface area contributed by atoms with Crippen molar-refractivity contribution in [1.29, 1.82) is 0 Å². The summed E-state index contributed by atoms with van der Waals surface area (Å²) in [6, 6.07) is 4.28. The van der Waals surface area contributed by atoms with Crippen LogP contribution in [0.5, 0.6) is 0 Å². The van der Waals surface area contributed by atoms with Gasteiger partial charge in [-0.25, -0.2) is 5.84 Å². The molecule has 0 fully saturated rings. The molecule has 0 saturated heterocycles. The molecule has 0 aliphatic rings. The van der Waals surface area contributed by atoms with Crippen LogP contribution in [0.2, 0.25) is 0 Å². The van der Waals surface area contributed by atoms with Gasteiger partial charge in [-0.2, -0.15) is 13.2 Å². The van der Waals surface area contributed by atoms with Crippen LogP contribution in [-0.2, 0) is 15.8 Å². The summed E-state index contributed by atoms with van der Waals surface area (Å²) in [6.45, 7) is 0. The summed E-state index contributed by atoms with van der Waals surface area (Å²) in [5, 5.41) is 1.82. The lowest BCUT2D eigenvalue weighted by Crippen LogP contribution is -2.39. The molecule has 0 aliphatic carbocycles. The molecule has 17 heavy (non-hydrogen) atoms. The van der Waals surface area contributed by atoms with Crippen LogP contribution in [0.15, 0.2) is 24.3 Å². The van der Waals surface area contributed by atoms with E-state index in [0.29, 0.717) is 0 Å². The summed E-state index contributed by atoms with van der Waals surface area (Å²) >= 11 is 0. The van der Waals surface area contributed by atoms with Crippen LogP contribution in [0.1, 0.15) is 5.56 Å². The Balaban J connectivity index is 3.00. The highest BCUT2D eigenvalue weighted by Gasteiger charge is 2.33. The zero-order valence-electron chi connectivity index (χ0n) is 8.34. The molecule has 0 radical (unpaired) electrons. The number of rotatable bonds is 1. The number of carbonyl (C=O) groups excluding carboxylic acids is 2. The topological polar surface area (TPSA) is 84.2 Å². The van der Waals surface area contributed by atoms with E-state index in [1.807, 2.05) is 5.32 Å².